The summed E-state index contributed by atoms with van der Waals surface area (Å²) >= 11 is 0. The summed E-state index contributed by atoms with van der Waals surface area (Å²) in [6.45, 7) is 9.43. The highest BCUT2D eigenvalue weighted by Gasteiger charge is 2.29. The fraction of sp³-hybridized carbons (Fsp3) is 1.00. The third-order valence-corrected chi connectivity index (χ3v) is 2.93. The molecule has 1 rings (SSSR count). The van der Waals surface area contributed by atoms with E-state index in [4.69, 9.17) is 0 Å². The van der Waals surface area contributed by atoms with E-state index in [1.54, 1.807) is 0 Å². The third kappa shape index (κ3) is 2.66. The van der Waals surface area contributed by atoms with Gasteiger partial charge in [-0.15, -0.1) is 0 Å². The fourth-order valence-corrected chi connectivity index (χ4v) is 1.76. The van der Waals surface area contributed by atoms with E-state index in [0.717, 1.165) is 26.1 Å². The van der Waals surface area contributed by atoms with Crippen LogP contribution in [0, 0.1) is 0 Å². The maximum atomic E-state index is 9.52. The van der Waals surface area contributed by atoms with Crippen molar-refractivity contribution < 1.29 is 5.11 Å². The van der Waals surface area contributed by atoms with Gasteiger partial charge in [-0.1, -0.05) is 6.92 Å². The average Bonchev–Trinajstić information content (AvgIpc) is 1.99. The quantitative estimate of drug-likeness (QED) is 0.654. The van der Waals surface area contributed by atoms with Crippen molar-refractivity contribution in [2.45, 2.75) is 45.4 Å². The monoisotopic (exact) mass is 186 g/mol. The second-order valence-corrected chi connectivity index (χ2v) is 4.03. The third-order valence-electron chi connectivity index (χ3n) is 2.93. The molecule has 0 spiro atoms. The van der Waals surface area contributed by atoms with E-state index < -0.39 is 0 Å². The summed E-state index contributed by atoms with van der Waals surface area (Å²) in [7, 11) is 0. The van der Waals surface area contributed by atoms with Crippen LogP contribution in [-0.4, -0.2) is 47.8 Å². The normalized spacial score (nSPS) is 22.8. The summed E-state index contributed by atoms with van der Waals surface area (Å²) in [6.07, 6.45) is 0.931. The highest BCUT2D eigenvalue weighted by Crippen LogP contribution is 2.13. The van der Waals surface area contributed by atoms with Gasteiger partial charge in [-0.25, -0.2) is 0 Å². The van der Waals surface area contributed by atoms with Crippen molar-refractivity contribution in [2.24, 2.45) is 0 Å². The summed E-state index contributed by atoms with van der Waals surface area (Å²) < 4.78 is 0. The van der Waals surface area contributed by atoms with Crippen molar-refractivity contribution in [1.29, 1.82) is 0 Å². The van der Waals surface area contributed by atoms with Gasteiger partial charge in [-0.2, -0.15) is 0 Å². The Bertz CT molecular complexity index is 146. The van der Waals surface area contributed by atoms with Gasteiger partial charge in [-0.05, 0) is 26.8 Å². The Morgan fingerprint density at radius 3 is 2.38 bits per heavy atom. The second kappa shape index (κ2) is 4.94. The zero-order chi connectivity index (χ0) is 9.84. The van der Waals surface area contributed by atoms with Crippen molar-refractivity contribution in [3.8, 4) is 0 Å². The molecule has 3 heteroatoms. The largest absolute Gasteiger partial charge is 0.392 e. The maximum Gasteiger partial charge on any atom is 0.0664 e. The average molecular weight is 186 g/mol. The molecule has 0 bridgehead atoms. The van der Waals surface area contributed by atoms with E-state index in [1.807, 2.05) is 6.92 Å². The summed E-state index contributed by atoms with van der Waals surface area (Å²) in [6, 6.07) is 0.927. The first-order valence-electron chi connectivity index (χ1n) is 5.31. The summed E-state index contributed by atoms with van der Waals surface area (Å²) in [5, 5.41) is 12.8. The number of rotatable bonds is 5. The Hall–Kier alpha value is -0.120. The van der Waals surface area contributed by atoms with E-state index in [1.165, 1.54) is 0 Å². The number of hydrogen-bond acceptors (Lipinski definition) is 3. The van der Waals surface area contributed by atoms with Crippen molar-refractivity contribution in [2.75, 3.05) is 19.6 Å². The molecule has 1 aliphatic rings. The van der Waals surface area contributed by atoms with Gasteiger partial charge < -0.3 is 10.4 Å². The van der Waals surface area contributed by atoms with Gasteiger partial charge in [0.15, 0.2) is 0 Å². The van der Waals surface area contributed by atoms with E-state index in [-0.39, 0.29) is 12.1 Å². The minimum absolute atomic E-state index is 0.229. The van der Waals surface area contributed by atoms with Crippen LogP contribution in [0.4, 0.5) is 0 Å². The molecule has 0 aromatic carbocycles. The van der Waals surface area contributed by atoms with Crippen molar-refractivity contribution in [3.63, 3.8) is 0 Å². The van der Waals surface area contributed by atoms with Crippen LogP contribution in [0.2, 0.25) is 0 Å². The Morgan fingerprint density at radius 2 is 2.08 bits per heavy atom. The summed E-state index contributed by atoms with van der Waals surface area (Å²) in [5.41, 5.74) is 0. The fourth-order valence-electron chi connectivity index (χ4n) is 1.76. The van der Waals surface area contributed by atoms with Crippen LogP contribution in [0.1, 0.15) is 27.2 Å². The molecule has 1 aliphatic heterocycles. The first-order chi connectivity index (χ1) is 6.16. The molecule has 2 unspecified atom stereocenters. The number of aliphatic hydroxyl groups is 1. The molecule has 2 atom stereocenters. The van der Waals surface area contributed by atoms with Gasteiger partial charge in [0.05, 0.1) is 6.10 Å². The molecular weight excluding hydrogens is 164 g/mol. The molecule has 0 saturated carbocycles. The van der Waals surface area contributed by atoms with Crippen LogP contribution in [-0.2, 0) is 0 Å². The SMILES string of the molecule is CCCN(C1CNC1)C(C)C(C)O. The summed E-state index contributed by atoms with van der Waals surface area (Å²) in [4.78, 5) is 2.42. The highest BCUT2D eigenvalue weighted by atomic mass is 16.3. The van der Waals surface area contributed by atoms with Crippen LogP contribution in [0.3, 0.4) is 0 Å². The molecular formula is C10H22N2O. The van der Waals surface area contributed by atoms with Crippen molar-refractivity contribution in [1.82, 2.24) is 10.2 Å². The van der Waals surface area contributed by atoms with E-state index in [9.17, 15) is 5.11 Å². The van der Waals surface area contributed by atoms with Crippen LogP contribution in [0.15, 0.2) is 0 Å². The van der Waals surface area contributed by atoms with Gasteiger partial charge in [0.2, 0.25) is 0 Å². The molecule has 0 amide bonds. The van der Waals surface area contributed by atoms with E-state index in [0.29, 0.717) is 6.04 Å². The number of nitrogens with one attached hydrogen (secondary N) is 1. The first kappa shape index (κ1) is 11.0. The van der Waals surface area contributed by atoms with Crippen LogP contribution in [0.25, 0.3) is 0 Å². The molecule has 1 fully saturated rings. The molecule has 1 saturated heterocycles. The first-order valence-corrected chi connectivity index (χ1v) is 5.31. The molecule has 13 heavy (non-hydrogen) atoms. The standard InChI is InChI=1S/C10H22N2O/c1-4-5-12(8(2)9(3)13)10-6-11-7-10/h8-11,13H,4-7H2,1-3H3. The maximum absolute atomic E-state index is 9.52. The molecule has 0 radical (unpaired) electrons. The van der Waals surface area contributed by atoms with Crippen LogP contribution in [0.5, 0.6) is 0 Å². The Kier molecular flexibility index (Phi) is 4.16. The predicted octanol–water partition coefficient (Wildman–Crippen LogP) is 0.440. The Labute approximate surface area is 81.1 Å². The van der Waals surface area contributed by atoms with Gasteiger partial charge in [0, 0.05) is 25.2 Å². The molecule has 0 aromatic heterocycles. The molecule has 0 aliphatic carbocycles. The van der Waals surface area contributed by atoms with Gasteiger partial charge in [0.25, 0.3) is 0 Å². The smallest absolute Gasteiger partial charge is 0.0664 e. The summed E-state index contributed by atoms with van der Waals surface area (Å²) in [5.74, 6) is 0. The lowest BCUT2D eigenvalue weighted by Crippen LogP contribution is -2.61. The molecule has 78 valence electrons. The van der Waals surface area contributed by atoms with Crippen molar-refractivity contribution >= 4 is 0 Å². The van der Waals surface area contributed by atoms with Gasteiger partial charge >= 0.3 is 0 Å². The lowest BCUT2D eigenvalue weighted by atomic mass is 10.0. The number of nitrogens with zero attached hydrogens (tertiary/aromatic N) is 1. The topological polar surface area (TPSA) is 35.5 Å². The highest BCUT2D eigenvalue weighted by molar-refractivity contribution is 4.88. The van der Waals surface area contributed by atoms with Gasteiger partial charge in [0.1, 0.15) is 0 Å². The molecule has 2 N–H and O–H groups in total. The Balaban J connectivity index is 2.44. The van der Waals surface area contributed by atoms with Gasteiger partial charge in [-0.3, -0.25) is 4.90 Å². The Morgan fingerprint density at radius 1 is 1.46 bits per heavy atom. The second-order valence-electron chi connectivity index (χ2n) is 4.03. The minimum atomic E-state index is -0.229. The van der Waals surface area contributed by atoms with E-state index in [2.05, 4.69) is 24.1 Å². The zero-order valence-electron chi connectivity index (χ0n) is 8.95. The van der Waals surface area contributed by atoms with Crippen LogP contribution >= 0.6 is 0 Å². The predicted molar refractivity (Wildman–Crippen MR) is 54.8 cm³/mol. The lowest BCUT2D eigenvalue weighted by Gasteiger charge is -2.42. The zero-order valence-corrected chi connectivity index (χ0v) is 8.95. The van der Waals surface area contributed by atoms with Crippen molar-refractivity contribution in [3.05, 3.63) is 0 Å². The van der Waals surface area contributed by atoms with E-state index >= 15 is 0 Å². The van der Waals surface area contributed by atoms with Crippen LogP contribution < -0.4 is 5.32 Å². The molecule has 1 heterocycles. The molecule has 0 aromatic rings. The molecule has 3 nitrogen and oxygen atoms in total. The minimum Gasteiger partial charge on any atom is -0.392 e. The number of aliphatic hydroxyl groups excluding tert-OH is 1. The lowest BCUT2D eigenvalue weighted by molar-refractivity contribution is 0.0263. The number of hydrogen-bond donors (Lipinski definition) is 2.